The van der Waals surface area contributed by atoms with Crippen LogP contribution >= 0.6 is 0 Å². The molecule has 4 heteroatoms. The van der Waals surface area contributed by atoms with E-state index in [0.29, 0.717) is 12.1 Å². The third kappa shape index (κ3) is 4.58. The molecular formula is C14H27N3O. The largest absolute Gasteiger partial charge is 0.352 e. The first-order valence-electron chi connectivity index (χ1n) is 7.44. The second-order valence-corrected chi connectivity index (χ2v) is 5.93. The molecule has 4 nitrogen and oxygen atoms in total. The van der Waals surface area contributed by atoms with Crippen molar-refractivity contribution < 1.29 is 4.79 Å². The highest BCUT2D eigenvalue weighted by Crippen LogP contribution is 2.18. The van der Waals surface area contributed by atoms with Crippen molar-refractivity contribution in [2.75, 3.05) is 19.6 Å². The van der Waals surface area contributed by atoms with E-state index in [2.05, 4.69) is 22.5 Å². The van der Waals surface area contributed by atoms with E-state index in [4.69, 9.17) is 0 Å². The van der Waals surface area contributed by atoms with Crippen molar-refractivity contribution >= 4 is 5.91 Å². The summed E-state index contributed by atoms with van der Waals surface area (Å²) < 4.78 is 0. The predicted molar refractivity (Wildman–Crippen MR) is 73.5 cm³/mol. The molecule has 1 saturated heterocycles. The molecule has 0 bridgehead atoms. The number of rotatable bonds is 6. The van der Waals surface area contributed by atoms with Gasteiger partial charge in [0.1, 0.15) is 0 Å². The summed E-state index contributed by atoms with van der Waals surface area (Å²) in [5.41, 5.74) is 0. The van der Waals surface area contributed by atoms with E-state index in [-0.39, 0.29) is 11.9 Å². The maximum Gasteiger partial charge on any atom is 0.237 e. The molecule has 0 radical (unpaired) electrons. The summed E-state index contributed by atoms with van der Waals surface area (Å²) in [7, 11) is 0. The van der Waals surface area contributed by atoms with Gasteiger partial charge in [-0.25, -0.2) is 0 Å². The lowest BCUT2D eigenvalue weighted by molar-refractivity contribution is -0.123. The highest BCUT2D eigenvalue weighted by molar-refractivity contribution is 5.81. The van der Waals surface area contributed by atoms with Gasteiger partial charge in [-0.3, -0.25) is 4.79 Å². The van der Waals surface area contributed by atoms with Crippen LogP contribution in [-0.4, -0.2) is 48.6 Å². The van der Waals surface area contributed by atoms with Crippen molar-refractivity contribution in [2.24, 2.45) is 0 Å². The molecule has 104 valence electrons. The average Bonchev–Trinajstić information content (AvgIpc) is 3.14. The van der Waals surface area contributed by atoms with E-state index in [9.17, 15) is 4.79 Å². The van der Waals surface area contributed by atoms with Crippen molar-refractivity contribution in [3.63, 3.8) is 0 Å². The lowest BCUT2D eigenvalue weighted by Crippen LogP contribution is -2.50. The Labute approximate surface area is 110 Å². The monoisotopic (exact) mass is 253 g/mol. The van der Waals surface area contributed by atoms with Crippen LogP contribution in [0.2, 0.25) is 0 Å². The van der Waals surface area contributed by atoms with Crippen molar-refractivity contribution in [3.05, 3.63) is 0 Å². The fraction of sp³-hybridized carbons (Fsp3) is 0.929. The lowest BCUT2D eigenvalue weighted by Gasteiger charge is -2.30. The second-order valence-electron chi connectivity index (χ2n) is 5.93. The van der Waals surface area contributed by atoms with Gasteiger partial charge < -0.3 is 15.5 Å². The minimum atomic E-state index is -0.0783. The summed E-state index contributed by atoms with van der Waals surface area (Å²) >= 11 is 0. The van der Waals surface area contributed by atoms with E-state index in [1.54, 1.807) is 0 Å². The molecule has 0 aromatic rings. The second kappa shape index (κ2) is 6.53. The Hall–Kier alpha value is -0.610. The highest BCUT2D eigenvalue weighted by Gasteiger charge is 2.26. The smallest absolute Gasteiger partial charge is 0.237 e. The molecule has 0 aromatic carbocycles. The van der Waals surface area contributed by atoms with Crippen molar-refractivity contribution in [1.29, 1.82) is 0 Å². The first-order valence-corrected chi connectivity index (χ1v) is 7.44. The van der Waals surface area contributed by atoms with Crippen LogP contribution in [0.15, 0.2) is 0 Å². The van der Waals surface area contributed by atoms with Crippen LogP contribution in [0.4, 0.5) is 0 Å². The number of piperidine rings is 1. The molecule has 1 heterocycles. The van der Waals surface area contributed by atoms with Gasteiger partial charge in [-0.1, -0.05) is 6.42 Å². The van der Waals surface area contributed by atoms with Gasteiger partial charge in [-0.05, 0) is 52.6 Å². The van der Waals surface area contributed by atoms with E-state index < -0.39 is 0 Å². The summed E-state index contributed by atoms with van der Waals surface area (Å²) in [6, 6.07) is 0.757. The van der Waals surface area contributed by atoms with Gasteiger partial charge in [0.25, 0.3) is 0 Å². The Bertz CT molecular complexity index is 272. The summed E-state index contributed by atoms with van der Waals surface area (Å²) in [5, 5.41) is 6.45. The van der Waals surface area contributed by atoms with E-state index in [1.807, 2.05) is 6.92 Å². The average molecular weight is 253 g/mol. The van der Waals surface area contributed by atoms with Crippen molar-refractivity contribution in [2.45, 2.75) is 64.1 Å². The normalized spacial score (nSPS) is 24.6. The zero-order valence-electron chi connectivity index (χ0n) is 11.7. The van der Waals surface area contributed by atoms with Crippen LogP contribution in [0, 0.1) is 0 Å². The molecule has 2 atom stereocenters. The third-order valence-electron chi connectivity index (χ3n) is 3.83. The lowest BCUT2D eigenvalue weighted by atomic mass is 10.1. The Balaban J connectivity index is 1.65. The van der Waals surface area contributed by atoms with Gasteiger partial charge in [-0.2, -0.15) is 0 Å². The molecule has 1 aliphatic heterocycles. The third-order valence-corrected chi connectivity index (χ3v) is 3.83. The molecule has 2 fully saturated rings. The molecule has 2 unspecified atom stereocenters. The first kappa shape index (κ1) is 13.8. The van der Waals surface area contributed by atoms with E-state index in [0.717, 1.165) is 19.4 Å². The number of nitrogens with one attached hydrogen (secondary N) is 2. The van der Waals surface area contributed by atoms with Gasteiger partial charge in [-0.15, -0.1) is 0 Å². The minimum absolute atomic E-state index is 0.0783. The standard InChI is InChI=1S/C14H27N3O/c1-11(10-17-8-4-3-5-9-17)15-12(2)14(18)16-13-6-7-13/h11-13,15H,3-10H2,1-2H3,(H,16,18). The molecule has 1 saturated carbocycles. The zero-order valence-corrected chi connectivity index (χ0v) is 11.7. The quantitative estimate of drug-likeness (QED) is 0.745. The number of amides is 1. The van der Waals surface area contributed by atoms with Crippen LogP contribution in [0.1, 0.15) is 46.0 Å². The molecule has 18 heavy (non-hydrogen) atoms. The van der Waals surface area contributed by atoms with Crippen LogP contribution in [0.25, 0.3) is 0 Å². The number of hydrogen-bond acceptors (Lipinski definition) is 3. The molecule has 0 aromatic heterocycles. The fourth-order valence-corrected chi connectivity index (χ4v) is 2.64. The SMILES string of the molecule is CC(CN1CCCCC1)NC(C)C(=O)NC1CC1. The Morgan fingerprint density at radius 3 is 2.50 bits per heavy atom. The molecule has 2 aliphatic rings. The van der Waals surface area contributed by atoms with Gasteiger partial charge >= 0.3 is 0 Å². The van der Waals surface area contributed by atoms with Gasteiger partial charge in [0.05, 0.1) is 6.04 Å². The maximum atomic E-state index is 11.8. The predicted octanol–water partition coefficient (Wildman–Crippen LogP) is 1.12. The molecule has 0 spiro atoms. The Morgan fingerprint density at radius 2 is 1.89 bits per heavy atom. The summed E-state index contributed by atoms with van der Waals surface area (Å²) in [5.74, 6) is 0.156. The molecule has 1 aliphatic carbocycles. The fourth-order valence-electron chi connectivity index (χ4n) is 2.64. The molecular weight excluding hydrogens is 226 g/mol. The number of carbonyl (C=O) groups is 1. The number of carbonyl (C=O) groups excluding carboxylic acids is 1. The highest BCUT2D eigenvalue weighted by atomic mass is 16.2. The first-order chi connectivity index (χ1) is 8.65. The number of likely N-dealkylation sites (tertiary alicyclic amines) is 1. The Kier molecular flexibility index (Phi) is 5.01. The summed E-state index contributed by atoms with van der Waals surface area (Å²) in [4.78, 5) is 14.3. The topological polar surface area (TPSA) is 44.4 Å². The molecule has 1 amide bonds. The Morgan fingerprint density at radius 1 is 1.22 bits per heavy atom. The summed E-state index contributed by atoms with van der Waals surface area (Å²) in [6.07, 6.45) is 6.33. The summed E-state index contributed by atoms with van der Waals surface area (Å²) in [6.45, 7) is 7.63. The molecule has 2 rings (SSSR count). The van der Waals surface area contributed by atoms with Crippen molar-refractivity contribution in [3.8, 4) is 0 Å². The molecule has 2 N–H and O–H groups in total. The van der Waals surface area contributed by atoms with Gasteiger partial charge in [0.2, 0.25) is 5.91 Å². The van der Waals surface area contributed by atoms with Gasteiger partial charge in [0, 0.05) is 18.6 Å². The zero-order chi connectivity index (χ0) is 13.0. The van der Waals surface area contributed by atoms with Crippen LogP contribution < -0.4 is 10.6 Å². The van der Waals surface area contributed by atoms with Crippen LogP contribution in [0.3, 0.4) is 0 Å². The van der Waals surface area contributed by atoms with Crippen molar-refractivity contribution in [1.82, 2.24) is 15.5 Å². The van der Waals surface area contributed by atoms with Gasteiger partial charge in [0.15, 0.2) is 0 Å². The minimum Gasteiger partial charge on any atom is -0.352 e. The number of hydrogen-bond donors (Lipinski definition) is 2. The van der Waals surface area contributed by atoms with Crippen LogP contribution in [0.5, 0.6) is 0 Å². The van der Waals surface area contributed by atoms with E-state index >= 15 is 0 Å². The van der Waals surface area contributed by atoms with Crippen LogP contribution in [-0.2, 0) is 4.79 Å². The maximum absolute atomic E-state index is 11.8. The number of nitrogens with zero attached hydrogens (tertiary/aromatic N) is 1. The van der Waals surface area contributed by atoms with E-state index in [1.165, 1.54) is 32.4 Å².